The van der Waals surface area contributed by atoms with Crippen LogP contribution < -0.4 is 19.7 Å². The molecule has 3 aliphatic heterocycles. The highest BCUT2D eigenvalue weighted by Crippen LogP contribution is 2.58. The summed E-state index contributed by atoms with van der Waals surface area (Å²) in [7, 11) is 3.13. The number of hydrogen-bond acceptors (Lipinski definition) is 6. The van der Waals surface area contributed by atoms with E-state index in [0.717, 1.165) is 11.3 Å². The lowest BCUT2D eigenvalue weighted by Crippen LogP contribution is -2.51. The molecule has 7 nitrogen and oxygen atoms in total. The molecule has 1 fully saturated rings. The molecule has 208 valence electrons. The summed E-state index contributed by atoms with van der Waals surface area (Å²) in [6, 6.07) is 27.4. The maximum Gasteiger partial charge on any atom is 0.238 e. The number of nitrogens with one attached hydrogen (secondary N) is 1. The highest BCUT2D eigenvalue weighted by molar-refractivity contribution is 6.18. The molecule has 1 amide bonds. The van der Waals surface area contributed by atoms with Crippen molar-refractivity contribution < 1.29 is 23.9 Å². The van der Waals surface area contributed by atoms with Crippen LogP contribution in [0.5, 0.6) is 11.5 Å². The highest BCUT2D eigenvalue weighted by atomic mass is 16.5. The number of carbonyl (C=O) groups is 3. The van der Waals surface area contributed by atoms with Gasteiger partial charge in [-0.2, -0.15) is 0 Å². The zero-order valence-electron chi connectivity index (χ0n) is 23.1. The zero-order chi connectivity index (χ0) is 29.0. The number of nitrogens with zero attached hydrogens (tertiary/aromatic N) is 1. The molecular formula is C35H28N2O5. The summed E-state index contributed by atoms with van der Waals surface area (Å²) < 4.78 is 10.7. The first-order valence-corrected chi connectivity index (χ1v) is 13.8. The number of Topliss-reactive ketones (excluding diaryl/α,β-unsaturated/α-hetero) is 2. The predicted octanol–water partition coefficient (Wildman–Crippen LogP) is 5.56. The molecule has 7 rings (SSSR count). The molecule has 0 aliphatic carbocycles. The molecule has 1 spiro atoms. The van der Waals surface area contributed by atoms with Crippen LogP contribution in [0.3, 0.4) is 0 Å². The minimum absolute atomic E-state index is 0.242. The molecule has 7 heteroatoms. The SMILES string of the molecule is COc1ccc(C(=O)[C@@H]2[C@H](C(=O)c3ccc(OC)cc3)[C@]3(C(=O)Nc4ccccc43)[C@@H]3C=Cc4ccccc4N23)cc1. The first kappa shape index (κ1) is 25.8. The molecule has 0 radical (unpaired) electrons. The lowest BCUT2D eigenvalue weighted by atomic mass is 9.64. The molecule has 1 saturated heterocycles. The van der Waals surface area contributed by atoms with Crippen LogP contribution in [0.2, 0.25) is 0 Å². The van der Waals surface area contributed by atoms with Gasteiger partial charge in [0.1, 0.15) is 23.0 Å². The summed E-state index contributed by atoms with van der Waals surface area (Å²) in [6.45, 7) is 0. The topological polar surface area (TPSA) is 84.9 Å². The number of hydrogen-bond donors (Lipinski definition) is 1. The van der Waals surface area contributed by atoms with E-state index in [2.05, 4.69) is 5.32 Å². The van der Waals surface area contributed by atoms with E-state index in [1.165, 1.54) is 0 Å². The third-order valence-corrected chi connectivity index (χ3v) is 8.84. The number of fused-ring (bicyclic) bond motifs is 6. The van der Waals surface area contributed by atoms with Crippen LogP contribution in [0.25, 0.3) is 6.08 Å². The van der Waals surface area contributed by atoms with E-state index in [9.17, 15) is 14.4 Å². The second kappa shape index (κ2) is 9.73. The summed E-state index contributed by atoms with van der Waals surface area (Å²) in [5.74, 6) is -0.625. The molecule has 0 bridgehead atoms. The Kier molecular flexibility index (Phi) is 5.97. The number of anilines is 2. The van der Waals surface area contributed by atoms with Crippen molar-refractivity contribution in [2.24, 2.45) is 5.92 Å². The smallest absolute Gasteiger partial charge is 0.238 e. The molecule has 1 N–H and O–H groups in total. The Bertz CT molecular complexity index is 1760. The Morgan fingerprint density at radius 3 is 2.02 bits per heavy atom. The largest absolute Gasteiger partial charge is 0.497 e. The Hall–Kier alpha value is -5.17. The van der Waals surface area contributed by atoms with E-state index < -0.39 is 23.4 Å². The summed E-state index contributed by atoms with van der Waals surface area (Å²) in [4.78, 5) is 45.9. The van der Waals surface area contributed by atoms with Gasteiger partial charge in [-0.3, -0.25) is 14.4 Å². The average Bonchev–Trinajstić information content (AvgIpc) is 3.52. The van der Waals surface area contributed by atoms with Gasteiger partial charge >= 0.3 is 0 Å². The maximum atomic E-state index is 14.8. The molecule has 4 atom stereocenters. The van der Waals surface area contributed by atoms with Gasteiger partial charge in [-0.25, -0.2) is 0 Å². The van der Waals surface area contributed by atoms with Gasteiger partial charge in [-0.1, -0.05) is 48.6 Å². The van der Waals surface area contributed by atoms with Crippen LogP contribution in [-0.2, 0) is 10.2 Å². The highest BCUT2D eigenvalue weighted by Gasteiger charge is 2.70. The van der Waals surface area contributed by atoms with Gasteiger partial charge in [-0.15, -0.1) is 0 Å². The molecular weight excluding hydrogens is 528 g/mol. The average molecular weight is 557 g/mol. The van der Waals surface area contributed by atoms with Crippen molar-refractivity contribution in [1.29, 1.82) is 0 Å². The second-order valence-corrected chi connectivity index (χ2v) is 10.7. The van der Waals surface area contributed by atoms with E-state index in [0.29, 0.717) is 33.9 Å². The summed E-state index contributed by atoms with van der Waals surface area (Å²) in [5.41, 5.74) is 2.57. The number of carbonyl (C=O) groups excluding carboxylic acids is 3. The Morgan fingerprint density at radius 2 is 1.36 bits per heavy atom. The fourth-order valence-corrected chi connectivity index (χ4v) is 6.98. The molecule has 0 aromatic heterocycles. The van der Waals surface area contributed by atoms with E-state index in [4.69, 9.17) is 9.47 Å². The van der Waals surface area contributed by atoms with Crippen molar-refractivity contribution in [3.63, 3.8) is 0 Å². The van der Waals surface area contributed by atoms with Gasteiger partial charge in [-0.05, 0) is 71.8 Å². The minimum atomic E-state index is -1.36. The second-order valence-electron chi connectivity index (χ2n) is 10.7. The van der Waals surface area contributed by atoms with Crippen molar-refractivity contribution in [2.45, 2.75) is 17.5 Å². The number of ether oxygens (including phenoxy) is 2. The van der Waals surface area contributed by atoms with Gasteiger partial charge in [0.15, 0.2) is 11.6 Å². The van der Waals surface area contributed by atoms with Gasteiger partial charge in [0.25, 0.3) is 0 Å². The molecule has 0 unspecified atom stereocenters. The molecule has 42 heavy (non-hydrogen) atoms. The molecule has 4 aromatic rings. The third-order valence-electron chi connectivity index (χ3n) is 8.84. The zero-order valence-corrected chi connectivity index (χ0v) is 23.1. The maximum absolute atomic E-state index is 14.8. The minimum Gasteiger partial charge on any atom is -0.497 e. The fourth-order valence-electron chi connectivity index (χ4n) is 6.98. The lowest BCUT2D eigenvalue weighted by Gasteiger charge is -2.37. The summed E-state index contributed by atoms with van der Waals surface area (Å²) in [5, 5.41) is 3.06. The third kappa shape index (κ3) is 3.56. The number of benzene rings is 4. The van der Waals surface area contributed by atoms with E-state index in [-0.39, 0.29) is 17.5 Å². The molecule has 3 aliphatic rings. The van der Waals surface area contributed by atoms with Crippen molar-refractivity contribution in [2.75, 3.05) is 24.4 Å². The number of amides is 1. The van der Waals surface area contributed by atoms with Gasteiger partial charge < -0.3 is 19.7 Å². The Labute approximate surface area is 243 Å². The van der Waals surface area contributed by atoms with Crippen LogP contribution in [0.15, 0.2) is 103 Å². The van der Waals surface area contributed by atoms with Crippen LogP contribution >= 0.6 is 0 Å². The summed E-state index contributed by atoms with van der Waals surface area (Å²) >= 11 is 0. The Morgan fingerprint density at radius 1 is 0.762 bits per heavy atom. The number of methoxy groups -OCH3 is 2. The van der Waals surface area contributed by atoms with Crippen molar-refractivity contribution in [3.05, 3.63) is 125 Å². The fraction of sp³-hybridized carbons (Fsp3) is 0.171. The van der Waals surface area contributed by atoms with E-state index in [1.807, 2.05) is 65.6 Å². The van der Waals surface area contributed by atoms with Crippen LogP contribution in [0, 0.1) is 5.92 Å². The first-order chi connectivity index (χ1) is 20.5. The van der Waals surface area contributed by atoms with E-state index >= 15 is 0 Å². The molecule has 4 aromatic carbocycles. The van der Waals surface area contributed by atoms with Crippen molar-refractivity contribution >= 4 is 34.9 Å². The van der Waals surface area contributed by atoms with E-state index in [1.54, 1.807) is 62.8 Å². The molecule has 3 heterocycles. The predicted molar refractivity (Wildman–Crippen MR) is 160 cm³/mol. The standard InChI is InChI=1S/C35H28N2O5/c1-41-24-16-11-22(12-17-24)32(38)30-31(33(39)23-13-18-25(42-2)19-14-23)37-28-10-6-3-7-21(28)15-20-29(37)35(30)26-8-4-5-9-27(26)36-34(35)40/h3-20,29-31H,1-2H3,(H,36,40)/t29-,30+,31-,35+/m0/s1. The first-order valence-electron chi connectivity index (χ1n) is 13.8. The normalized spacial score (nSPS) is 23.1. The van der Waals surface area contributed by atoms with Crippen molar-refractivity contribution in [3.8, 4) is 11.5 Å². The quantitative estimate of drug-likeness (QED) is 0.313. The number of para-hydroxylation sites is 2. The number of rotatable bonds is 6. The Balaban J connectivity index is 1.50. The summed E-state index contributed by atoms with van der Waals surface area (Å²) in [6.07, 6.45) is 3.96. The van der Waals surface area contributed by atoms with Crippen LogP contribution in [0.4, 0.5) is 11.4 Å². The molecule has 0 saturated carbocycles. The number of ketones is 2. The van der Waals surface area contributed by atoms with Crippen LogP contribution in [-0.4, -0.2) is 43.8 Å². The van der Waals surface area contributed by atoms with Gasteiger partial charge in [0, 0.05) is 22.5 Å². The van der Waals surface area contributed by atoms with Gasteiger partial charge in [0.05, 0.1) is 26.2 Å². The van der Waals surface area contributed by atoms with Crippen LogP contribution in [0.1, 0.15) is 31.8 Å². The van der Waals surface area contributed by atoms with Crippen molar-refractivity contribution in [1.82, 2.24) is 0 Å². The monoisotopic (exact) mass is 556 g/mol. The van der Waals surface area contributed by atoms with Gasteiger partial charge in [0.2, 0.25) is 5.91 Å². The lowest BCUT2D eigenvalue weighted by molar-refractivity contribution is -0.121.